The van der Waals surface area contributed by atoms with E-state index in [4.69, 9.17) is 23.2 Å². The van der Waals surface area contributed by atoms with Crippen molar-refractivity contribution in [1.82, 2.24) is 19.5 Å². The molecule has 1 aliphatic heterocycles. The number of halogens is 2. The maximum Gasteiger partial charge on any atom is 0.245 e. The third-order valence-corrected chi connectivity index (χ3v) is 7.26. The molecule has 27 heavy (non-hydrogen) atoms. The first-order chi connectivity index (χ1) is 12.9. The third kappa shape index (κ3) is 3.68. The van der Waals surface area contributed by atoms with E-state index in [1.54, 1.807) is 18.2 Å². The molecule has 0 atom stereocenters. The van der Waals surface area contributed by atoms with Gasteiger partial charge in [-0.3, -0.25) is 4.90 Å². The van der Waals surface area contributed by atoms with Crippen LogP contribution in [-0.4, -0.2) is 54.1 Å². The van der Waals surface area contributed by atoms with E-state index in [9.17, 15) is 8.42 Å². The Labute approximate surface area is 166 Å². The van der Waals surface area contributed by atoms with Crippen molar-refractivity contribution >= 4 is 44.3 Å². The molecule has 10 heteroatoms. The molecule has 7 nitrogen and oxygen atoms in total. The van der Waals surface area contributed by atoms with Gasteiger partial charge in [-0.1, -0.05) is 35.3 Å². The highest BCUT2D eigenvalue weighted by atomic mass is 35.5. The van der Waals surface area contributed by atoms with E-state index >= 15 is 0 Å². The van der Waals surface area contributed by atoms with Gasteiger partial charge in [0, 0.05) is 32.7 Å². The van der Waals surface area contributed by atoms with Crippen LogP contribution >= 0.6 is 23.2 Å². The van der Waals surface area contributed by atoms with Crippen LogP contribution < -0.4 is 0 Å². The summed E-state index contributed by atoms with van der Waals surface area (Å²) in [7, 11) is -3.66. The van der Waals surface area contributed by atoms with E-state index in [1.165, 1.54) is 10.4 Å². The lowest BCUT2D eigenvalue weighted by Gasteiger charge is -2.34. The first-order valence-electron chi connectivity index (χ1n) is 8.33. The minimum atomic E-state index is -3.66. The van der Waals surface area contributed by atoms with Gasteiger partial charge in [0.15, 0.2) is 5.52 Å². The van der Waals surface area contributed by atoms with Crippen LogP contribution in [0.25, 0.3) is 11.0 Å². The summed E-state index contributed by atoms with van der Waals surface area (Å²) in [6, 6.07) is 10.4. The second kappa shape index (κ2) is 7.37. The molecule has 1 aliphatic rings. The molecule has 1 aromatic heterocycles. The van der Waals surface area contributed by atoms with Crippen molar-refractivity contribution in [3.63, 3.8) is 0 Å². The molecule has 3 aromatic rings. The highest BCUT2D eigenvalue weighted by Crippen LogP contribution is 2.26. The number of piperazine rings is 1. The molecular formula is C17H16Cl2N4O3S. The van der Waals surface area contributed by atoms with Crippen LogP contribution in [-0.2, 0) is 16.6 Å². The first-order valence-corrected chi connectivity index (χ1v) is 10.5. The SMILES string of the molecule is O=S(=O)(c1cccc2nonc12)N1CCN(Cc2ccc(Cl)c(Cl)c2)CC1. The van der Waals surface area contributed by atoms with Crippen LogP contribution in [0.5, 0.6) is 0 Å². The molecule has 1 fully saturated rings. The van der Waals surface area contributed by atoms with E-state index in [2.05, 4.69) is 19.8 Å². The molecule has 0 saturated carbocycles. The Morgan fingerprint density at radius 3 is 2.52 bits per heavy atom. The lowest BCUT2D eigenvalue weighted by Crippen LogP contribution is -2.48. The minimum absolute atomic E-state index is 0.124. The number of benzene rings is 2. The number of rotatable bonds is 4. The van der Waals surface area contributed by atoms with Gasteiger partial charge in [-0.05, 0) is 40.1 Å². The number of hydrogen-bond donors (Lipinski definition) is 0. The highest BCUT2D eigenvalue weighted by molar-refractivity contribution is 7.89. The zero-order chi connectivity index (χ0) is 19.0. The van der Waals surface area contributed by atoms with Gasteiger partial charge < -0.3 is 0 Å². The van der Waals surface area contributed by atoms with Crippen LogP contribution in [0.1, 0.15) is 5.56 Å². The smallest absolute Gasteiger partial charge is 0.245 e. The van der Waals surface area contributed by atoms with Gasteiger partial charge in [-0.25, -0.2) is 13.0 Å². The Hall–Kier alpha value is -1.71. The van der Waals surface area contributed by atoms with Crippen molar-refractivity contribution in [1.29, 1.82) is 0 Å². The summed E-state index contributed by atoms with van der Waals surface area (Å²) in [6.45, 7) is 2.71. The van der Waals surface area contributed by atoms with E-state index in [0.29, 0.717) is 48.3 Å². The Kier molecular flexibility index (Phi) is 5.09. The van der Waals surface area contributed by atoms with Crippen LogP contribution in [0.4, 0.5) is 0 Å². The van der Waals surface area contributed by atoms with Crippen molar-refractivity contribution in [2.75, 3.05) is 26.2 Å². The summed E-state index contributed by atoms with van der Waals surface area (Å²) < 4.78 is 32.2. The molecule has 0 unspecified atom stereocenters. The van der Waals surface area contributed by atoms with Gasteiger partial charge in [-0.2, -0.15) is 4.31 Å². The van der Waals surface area contributed by atoms with Crippen LogP contribution in [0.15, 0.2) is 45.9 Å². The molecule has 0 amide bonds. The van der Waals surface area contributed by atoms with Gasteiger partial charge in [-0.15, -0.1) is 0 Å². The summed E-state index contributed by atoms with van der Waals surface area (Å²) in [4.78, 5) is 2.31. The first kappa shape index (κ1) is 18.6. The number of sulfonamides is 1. The average Bonchev–Trinajstić information content (AvgIpc) is 3.14. The van der Waals surface area contributed by atoms with Crippen molar-refractivity contribution < 1.29 is 13.0 Å². The topological polar surface area (TPSA) is 79.5 Å². The molecule has 0 aliphatic carbocycles. The molecule has 0 spiro atoms. The zero-order valence-corrected chi connectivity index (χ0v) is 16.5. The maximum atomic E-state index is 13.0. The van der Waals surface area contributed by atoms with Gasteiger partial charge in [0.25, 0.3) is 0 Å². The lowest BCUT2D eigenvalue weighted by molar-refractivity contribution is 0.181. The molecule has 142 valence electrons. The third-order valence-electron chi connectivity index (χ3n) is 4.59. The van der Waals surface area contributed by atoms with Crippen LogP contribution in [0.3, 0.4) is 0 Å². The fraction of sp³-hybridized carbons (Fsp3) is 0.294. The second-order valence-corrected chi connectivity index (χ2v) is 9.04. The normalized spacial score (nSPS) is 16.8. The van der Waals surface area contributed by atoms with E-state index in [0.717, 1.165) is 5.56 Å². The summed E-state index contributed by atoms with van der Waals surface area (Å²) in [5, 5.41) is 8.49. The number of aromatic nitrogens is 2. The molecule has 1 saturated heterocycles. The van der Waals surface area contributed by atoms with E-state index in [1.807, 2.05) is 12.1 Å². The van der Waals surface area contributed by atoms with Crippen molar-refractivity contribution in [3.05, 3.63) is 52.0 Å². The second-order valence-electron chi connectivity index (χ2n) is 6.32. The summed E-state index contributed by atoms with van der Waals surface area (Å²) in [5.41, 5.74) is 1.73. The summed E-state index contributed by atoms with van der Waals surface area (Å²) >= 11 is 12.0. The number of nitrogens with zero attached hydrogens (tertiary/aromatic N) is 4. The number of fused-ring (bicyclic) bond motifs is 1. The van der Waals surface area contributed by atoms with Crippen LogP contribution in [0, 0.1) is 0 Å². The predicted octanol–water partition coefficient (Wildman–Crippen LogP) is 3.04. The van der Waals surface area contributed by atoms with E-state index in [-0.39, 0.29) is 10.4 Å². The zero-order valence-electron chi connectivity index (χ0n) is 14.2. The van der Waals surface area contributed by atoms with Crippen LogP contribution in [0.2, 0.25) is 10.0 Å². The van der Waals surface area contributed by atoms with E-state index < -0.39 is 10.0 Å². The highest BCUT2D eigenvalue weighted by Gasteiger charge is 2.31. The largest absolute Gasteiger partial charge is 0.296 e. The number of hydrogen-bond acceptors (Lipinski definition) is 6. The van der Waals surface area contributed by atoms with Gasteiger partial charge in [0.05, 0.1) is 10.0 Å². The molecule has 0 bridgehead atoms. The molecular weight excluding hydrogens is 411 g/mol. The van der Waals surface area contributed by atoms with Crippen molar-refractivity contribution in [3.8, 4) is 0 Å². The molecule has 4 rings (SSSR count). The summed E-state index contributed by atoms with van der Waals surface area (Å²) in [5.74, 6) is 0. The standard InChI is InChI=1S/C17H16Cl2N4O3S/c18-13-5-4-12(10-14(13)19)11-22-6-8-23(9-7-22)27(24,25)16-3-1-2-15-17(16)21-26-20-15/h1-5,10H,6-9,11H2. The van der Waals surface area contributed by atoms with Gasteiger partial charge >= 0.3 is 0 Å². The molecule has 0 N–H and O–H groups in total. The van der Waals surface area contributed by atoms with Crippen molar-refractivity contribution in [2.24, 2.45) is 0 Å². The van der Waals surface area contributed by atoms with Gasteiger partial charge in [0.2, 0.25) is 10.0 Å². The Balaban J connectivity index is 1.47. The lowest BCUT2D eigenvalue weighted by atomic mass is 10.2. The Morgan fingerprint density at radius 1 is 1.00 bits per heavy atom. The Bertz CT molecular complexity index is 1080. The fourth-order valence-corrected chi connectivity index (χ4v) is 5.03. The Morgan fingerprint density at radius 2 is 1.78 bits per heavy atom. The average molecular weight is 427 g/mol. The summed E-state index contributed by atoms with van der Waals surface area (Å²) in [6.07, 6.45) is 0. The fourth-order valence-electron chi connectivity index (χ4n) is 3.15. The maximum absolute atomic E-state index is 13.0. The molecule has 0 radical (unpaired) electrons. The minimum Gasteiger partial charge on any atom is -0.296 e. The predicted molar refractivity (Wildman–Crippen MR) is 102 cm³/mol. The quantitative estimate of drug-likeness (QED) is 0.637. The molecule has 2 heterocycles. The van der Waals surface area contributed by atoms with Crippen molar-refractivity contribution in [2.45, 2.75) is 11.4 Å². The van der Waals surface area contributed by atoms with Gasteiger partial charge in [0.1, 0.15) is 10.4 Å². The monoisotopic (exact) mass is 426 g/mol. The molecule has 2 aromatic carbocycles.